The first-order valence-electron chi connectivity index (χ1n) is 6.32. The van der Waals surface area contributed by atoms with Crippen LogP contribution in [0.1, 0.15) is 58.9 Å². The van der Waals surface area contributed by atoms with Crippen molar-refractivity contribution in [1.29, 1.82) is 0 Å². The van der Waals surface area contributed by atoms with Crippen molar-refractivity contribution in [1.82, 2.24) is 5.32 Å². The third-order valence-electron chi connectivity index (χ3n) is 3.22. The van der Waals surface area contributed by atoms with Gasteiger partial charge in [0, 0.05) is 4.47 Å². The highest BCUT2D eigenvalue weighted by Gasteiger charge is 2.31. The second kappa shape index (κ2) is 5.65. The summed E-state index contributed by atoms with van der Waals surface area (Å²) in [5.74, 6) is -0.556. The van der Waals surface area contributed by atoms with Crippen LogP contribution in [0.25, 0.3) is 0 Å². The zero-order valence-corrected chi connectivity index (χ0v) is 12.0. The standard InChI is InChI=1S/C14H16BrNO2/c1-2-3-4-5-6-9-7-8-10(15)12-11(9)13(17)16-14(12)18/h7-8H,2-6H2,1H3,(H,16,17,18). The number of carbonyl (C=O) groups excluding carboxylic acids is 2. The molecule has 3 nitrogen and oxygen atoms in total. The van der Waals surface area contributed by atoms with Gasteiger partial charge in [0.1, 0.15) is 0 Å². The SMILES string of the molecule is CCCCCCc1ccc(Br)c2c1C(=O)NC2=O. The van der Waals surface area contributed by atoms with Crippen LogP contribution in [0.4, 0.5) is 0 Å². The van der Waals surface area contributed by atoms with Crippen LogP contribution < -0.4 is 5.32 Å². The first-order valence-corrected chi connectivity index (χ1v) is 7.11. The summed E-state index contributed by atoms with van der Waals surface area (Å²) in [6.45, 7) is 2.17. The largest absolute Gasteiger partial charge is 0.288 e. The zero-order valence-electron chi connectivity index (χ0n) is 10.4. The molecular formula is C14H16BrNO2. The average molecular weight is 310 g/mol. The van der Waals surface area contributed by atoms with E-state index in [0.717, 1.165) is 24.8 Å². The van der Waals surface area contributed by atoms with Crippen LogP contribution in [0, 0.1) is 0 Å². The summed E-state index contributed by atoms with van der Waals surface area (Å²) in [5, 5.41) is 2.36. The molecule has 1 aromatic rings. The van der Waals surface area contributed by atoms with E-state index in [1.165, 1.54) is 12.8 Å². The van der Waals surface area contributed by atoms with E-state index in [-0.39, 0.29) is 11.8 Å². The number of carbonyl (C=O) groups is 2. The van der Waals surface area contributed by atoms with Crippen LogP contribution in [-0.2, 0) is 6.42 Å². The smallest absolute Gasteiger partial charge is 0.260 e. The highest BCUT2D eigenvalue weighted by atomic mass is 79.9. The van der Waals surface area contributed by atoms with Crippen molar-refractivity contribution in [3.63, 3.8) is 0 Å². The maximum Gasteiger partial charge on any atom is 0.260 e. The van der Waals surface area contributed by atoms with Crippen LogP contribution in [0.3, 0.4) is 0 Å². The Hall–Kier alpha value is -1.16. The van der Waals surface area contributed by atoms with Gasteiger partial charge in [-0.2, -0.15) is 0 Å². The molecule has 0 atom stereocenters. The van der Waals surface area contributed by atoms with Crippen LogP contribution in [0.2, 0.25) is 0 Å². The number of hydrogen-bond donors (Lipinski definition) is 1. The van der Waals surface area contributed by atoms with Crippen LogP contribution in [-0.4, -0.2) is 11.8 Å². The number of benzene rings is 1. The van der Waals surface area contributed by atoms with E-state index in [4.69, 9.17) is 0 Å². The summed E-state index contributed by atoms with van der Waals surface area (Å²) in [4.78, 5) is 23.4. The molecule has 0 fully saturated rings. The quantitative estimate of drug-likeness (QED) is 0.669. The number of nitrogens with one attached hydrogen (secondary N) is 1. The van der Waals surface area contributed by atoms with E-state index in [1.807, 2.05) is 12.1 Å². The Bertz CT molecular complexity index is 497. The van der Waals surface area contributed by atoms with E-state index < -0.39 is 0 Å². The number of hydrogen-bond acceptors (Lipinski definition) is 2. The number of amides is 2. The summed E-state index contributed by atoms with van der Waals surface area (Å²) < 4.78 is 0.693. The second-order valence-electron chi connectivity index (χ2n) is 4.55. The van der Waals surface area contributed by atoms with Gasteiger partial charge in [-0.3, -0.25) is 14.9 Å². The Morgan fingerprint density at radius 3 is 2.50 bits per heavy atom. The molecule has 1 heterocycles. The minimum atomic E-state index is -0.294. The summed E-state index contributed by atoms with van der Waals surface area (Å²) in [6.07, 6.45) is 5.48. The third kappa shape index (κ3) is 2.48. The second-order valence-corrected chi connectivity index (χ2v) is 5.40. The van der Waals surface area contributed by atoms with Crippen molar-refractivity contribution < 1.29 is 9.59 Å². The Morgan fingerprint density at radius 2 is 1.78 bits per heavy atom. The Morgan fingerprint density at radius 1 is 1.06 bits per heavy atom. The molecule has 0 bridgehead atoms. The third-order valence-corrected chi connectivity index (χ3v) is 3.88. The predicted octanol–water partition coefficient (Wildman–Crippen LogP) is 3.46. The normalized spacial score (nSPS) is 13.7. The molecule has 0 aromatic heterocycles. The number of fused-ring (bicyclic) bond motifs is 1. The topological polar surface area (TPSA) is 46.2 Å². The summed E-state index contributed by atoms with van der Waals surface area (Å²) in [7, 11) is 0. The number of aryl methyl sites for hydroxylation is 1. The molecule has 0 unspecified atom stereocenters. The first kappa shape index (κ1) is 13.3. The van der Waals surface area contributed by atoms with E-state index in [0.29, 0.717) is 15.6 Å². The van der Waals surface area contributed by atoms with Gasteiger partial charge in [-0.15, -0.1) is 0 Å². The van der Waals surface area contributed by atoms with Crippen molar-refractivity contribution in [2.75, 3.05) is 0 Å². The van der Waals surface area contributed by atoms with Crippen LogP contribution >= 0.6 is 15.9 Å². The summed E-state index contributed by atoms with van der Waals surface area (Å²) in [6, 6.07) is 3.79. The fraction of sp³-hybridized carbons (Fsp3) is 0.429. The van der Waals surface area contributed by atoms with Crippen molar-refractivity contribution in [2.24, 2.45) is 0 Å². The molecule has 18 heavy (non-hydrogen) atoms. The zero-order chi connectivity index (χ0) is 13.1. The van der Waals surface area contributed by atoms with Crippen LogP contribution in [0.5, 0.6) is 0 Å². The molecule has 0 saturated carbocycles. The lowest BCUT2D eigenvalue weighted by Gasteiger charge is -2.07. The number of unbranched alkanes of at least 4 members (excludes halogenated alkanes) is 3. The molecule has 0 radical (unpaired) electrons. The van der Waals surface area contributed by atoms with E-state index >= 15 is 0 Å². The fourth-order valence-corrected chi connectivity index (χ4v) is 2.79. The van der Waals surface area contributed by atoms with E-state index in [1.54, 1.807) is 0 Å². The molecule has 1 aliphatic rings. The lowest BCUT2D eigenvalue weighted by atomic mass is 9.98. The summed E-state index contributed by atoms with van der Waals surface area (Å²) >= 11 is 3.33. The number of imide groups is 1. The van der Waals surface area contributed by atoms with Gasteiger partial charge in [-0.05, 0) is 40.4 Å². The number of rotatable bonds is 5. The molecule has 1 aliphatic heterocycles. The van der Waals surface area contributed by atoms with Gasteiger partial charge in [0.25, 0.3) is 11.8 Å². The van der Waals surface area contributed by atoms with Gasteiger partial charge in [-0.25, -0.2) is 0 Å². The maximum atomic E-state index is 11.8. The molecule has 2 rings (SSSR count). The first-order chi connectivity index (χ1) is 8.65. The minimum Gasteiger partial charge on any atom is -0.288 e. The molecule has 1 aromatic carbocycles. The molecular weight excluding hydrogens is 294 g/mol. The molecule has 96 valence electrons. The lowest BCUT2D eigenvalue weighted by Crippen LogP contribution is -2.20. The van der Waals surface area contributed by atoms with Crippen molar-refractivity contribution >= 4 is 27.7 Å². The van der Waals surface area contributed by atoms with Gasteiger partial charge < -0.3 is 0 Å². The van der Waals surface area contributed by atoms with E-state index in [2.05, 4.69) is 28.2 Å². The lowest BCUT2D eigenvalue weighted by molar-refractivity contribution is 0.0879. The predicted molar refractivity (Wildman–Crippen MR) is 73.8 cm³/mol. The van der Waals surface area contributed by atoms with Gasteiger partial charge in [0.05, 0.1) is 11.1 Å². The van der Waals surface area contributed by atoms with Crippen LogP contribution in [0.15, 0.2) is 16.6 Å². The average Bonchev–Trinajstić information content (AvgIpc) is 2.64. The van der Waals surface area contributed by atoms with E-state index in [9.17, 15) is 9.59 Å². The monoisotopic (exact) mass is 309 g/mol. The molecule has 0 saturated heterocycles. The fourth-order valence-electron chi connectivity index (χ4n) is 2.28. The van der Waals surface area contributed by atoms with Crippen molar-refractivity contribution in [3.05, 3.63) is 33.3 Å². The highest BCUT2D eigenvalue weighted by molar-refractivity contribution is 9.10. The van der Waals surface area contributed by atoms with Crippen molar-refractivity contribution in [3.8, 4) is 0 Å². The molecule has 0 spiro atoms. The van der Waals surface area contributed by atoms with Gasteiger partial charge in [0.2, 0.25) is 0 Å². The maximum absolute atomic E-state index is 11.8. The van der Waals surface area contributed by atoms with Gasteiger partial charge in [0.15, 0.2) is 0 Å². The number of halogens is 1. The van der Waals surface area contributed by atoms with Gasteiger partial charge in [-0.1, -0.05) is 32.3 Å². The Kier molecular flexibility index (Phi) is 4.17. The molecule has 4 heteroatoms. The molecule has 0 aliphatic carbocycles. The highest BCUT2D eigenvalue weighted by Crippen LogP contribution is 2.28. The minimum absolute atomic E-state index is 0.262. The molecule has 2 amide bonds. The Labute approximate surface area is 115 Å². The van der Waals surface area contributed by atoms with Crippen molar-refractivity contribution in [2.45, 2.75) is 39.0 Å². The summed E-state index contributed by atoms with van der Waals surface area (Å²) in [5.41, 5.74) is 2.03. The Balaban J connectivity index is 2.23. The molecule has 1 N–H and O–H groups in total. The van der Waals surface area contributed by atoms with Gasteiger partial charge >= 0.3 is 0 Å².